The summed E-state index contributed by atoms with van der Waals surface area (Å²) >= 11 is 1.50. The number of aromatic hydroxyl groups is 1. The third-order valence-electron chi connectivity index (χ3n) is 3.15. The molecule has 0 atom stereocenters. The average Bonchev–Trinajstić information content (AvgIpc) is 2.85. The van der Waals surface area contributed by atoms with Crippen molar-refractivity contribution in [1.29, 1.82) is 0 Å². The lowest BCUT2D eigenvalue weighted by Crippen LogP contribution is -2.18. The molecule has 0 aliphatic heterocycles. The Morgan fingerprint density at radius 2 is 2.14 bits per heavy atom. The molecule has 0 saturated carbocycles. The number of aryl methyl sites for hydroxylation is 2. The van der Waals surface area contributed by atoms with Gasteiger partial charge in [-0.25, -0.2) is 5.43 Å². The molecule has 0 fully saturated rings. The van der Waals surface area contributed by atoms with Crippen molar-refractivity contribution in [2.75, 3.05) is 0 Å². The van der Waals surface area contributed by atoms with Crippen molar-refractivity contribution in [2.24, 2.45) is 5.10 Å². The van der Waals surface area contributed by atoms with Crippen molar-refractivity contribution in [2.45, 2.75) is 27.2 Å². The van der Waals surface area contributed by atoms with Crippen LogP contribution in [0.1, 0.15) is 39.5 Å². The maximum atomic E-state index is 12.1. The number of nitrogens with zero attached hydrogens (tertiary/aromatic N) is 1. The van der Waals surface area contributed by atoms with E-state index < -0.39 is 0 Å². The van der Waals surface area contributed by atoms with Gasteiger partial charge in [-0.15, -0.1) is 11.3 Å². The van der Waals surface area contributed by atoms with E-state index in [2.05, 4.69) is 17.5 Å². The third kappa shape index (κ3) is 3.70. The minimum Gasteiger partial charge on any atom is -0.508 e. The fraction of sp³-hybridized carbons (Fsp3) is 0.250. The van der Waals surface area contributed by atoms with Gasteiger partial charge in [0.1, 0.15) is 5.75 Å². The number of phenols is 1. The van der Waals surface area contributed by atoms with Gasteiger partial charge in [-0.2, -0.15) is 5.10 Å². The lowest BCUT2D eigenvalue weighted by molar-refractivity contribution is 0.0959. The molecule has 1 heterocycles. The summed E-state index contributed by atoms with van der Waals surface area (Å²) in [4.78, 5) is 14.0. The van der Waals surface area contributed by atoms with Gasteiger partial charge in [0.15, 0.2) is 0 Å². The molecule has 0 bridgehead atoms. The molecule has 1 aromatic carbocycles. The molecule has 110 valence electrons. The largest absolute Gasteiger partial charge is 0.508 e. The SMILES string of the molecule is CCc1sc(C(=O)N/N=C(\C)c2cccc(O)c2)cc1C. The minimum absolute atomic E-state index is 0.176. The van der Waals surface area contributed by atoms with Gasteiger partial charge < -0.3 is 5.11 Å². The van der Waals surface area contributed by atoms with E-state index in [0.717, 1.165) is 17.5 Å². The predicted octanol–water partition coefficient (Wildman–Crippen LogP) is 3.48. The van der Waals surface area contributed by atoms with Crippen LogP contribution >= 0.6 is 11.3 Å². The molecular weight excluding hydrogens is 284 g/mol. The van der Waals surface area contributed by atoms with Crippen LogP contribution in [-0.4, -0.2) is 16.7 Å². The molecule has 2 aromatic rings. The normalized spacial score (nSPS) is 11.5. The zero-order valence-corrected chi connectivity index (χ0v) is 13.1. The van der Waals surface area contributed by atoms with Crippen molar-refractivity contribution >= 4 is 23.0 Å². The van der Waals surface area contributed by atoms with E-state index >= 15 is 0 Å². The molecule has 1 amide bonds. The number of benzene rings is 1. The fourth-order valence-electron chi connectivity index (χ4n) is 1.97. The van der Waals surface area contributed by atoms with Crippen LogP contribution in [0, 0.1) is 6.92 Å². The van der Waals surface area contributed by atoms with Gasteiger partial charge in [0.05, 0.1) is 10.6 Å². The number of rotatable bonds is 4. The monoisotopic (exact) mass is 302 g/mol. The second-order valence-corrected chi connectivity index (χ2v) is 5.90. The van der Waals surface area contributed by atoms with Crippen molar-refractivity contribution in [3.63, 3.8) is 0 Å². The summed E-state index contributed by atoms with van der Waals surface area (Å²) in [6, 6.07) is 8.65. The Morgan fingerprint density at radius 3 is 2.76 bits per heavy atom. The maximum Gasteiger partial charge on any atom is 0.281 e. The lowest BCUT2D eigenvalue weighted by atomic mass is 10.1. The molecule has 0 saturated heterocycles. The lowest BCUT2D eigenvalue weighted by Gasteiger charge is -2.02. The van der Waals surface area contributed by atoms with Crippen LogP contribution in [0.5, 0.6) is 5.75 Å². The molecule has 0 aliphatic rings. The second kappa shape index (κ2) is 6.54. The van der Waals surface area contributed by atoms with Crippen molar-refractivity contribution in [1.82, 2.24) is 5.43 Å². The molecule has 4 nitrogen and oxygen atoms in total. The molecular formula is C16H18N2O2S. The fourth-order valence-corrected chi connectivity index (χ4v) is 2.97. The molecule has 0 spiro atoms. The number of hydrogen-bond acceptors (Lipinski definition) is 4. The molecule has 21 heavy (non-hydrogen) atoms. The number of amides is 1. The predicted molar refractivity (Wildman–Crippen MR) is 86.2 cm³/mol. The summed E-state index contributed by atoms with van der Waals surface area (Å²) in [6.07, 6.45) is 0.926. The molecule has 2 N–H and O–H groups in total. The zero-order chi connectivity index (χ0) is 15.4. The molecule has 2 rings (SSSR count). The molecule has 0 radical (unpaired) electrons. The van der Waals surface area contributed by atoms with Crippen LogP contribution in [0.25, 0.3) is 0 Å². The van der Waals surface area contributed by atoms with Crippen LogP contribution in [0.2, 0.25) is 0 Å². The number of nitrogens with one attached hydrogen (secondary N) is 1. The average molecular weight is 302 g/mol. The van der Waals surface area contributed by atoms with Crippen LogP contribution in [0.15, 0.2) is 35.4 Å². The van der Waals surface area contributed by atoms with Crippen molar-refractivity contribution < 1.29 is 9.90 Å². The first-order valence-corrected chi connectivity index (χ1v) is 7.56. The van der Waals surface area contributed by atoms with Gasteiger partial charge in [0.2, 0.25) is 0 Å². The van der Waals surface area contributed by atoms with Crippen LogP contribution in [0.4, 0.5) is 0 Å². The van der Waals surface area contributed by atoms with E-state index in [9.17, 15) is 9.90 Å². The number of hydrogen-bond donors (Lipinski definition) is 2. The standard InChI is InChI=1S/C16H18N2O2S/c1-4-14-10(2)8-15(21-14)16(20)18-17-11(3)12-6-5-7-13(19)9-12/h5-9,19H,4H2,1-3H3,(H,18,20)/b17-11+. The molecule has 1 aromatic heterocycles. The van der Waals surface area contributed by atoms with E-state index in [0.29, 0.717) is 10.6 Å². The number of thiophene rings is 1. The second-order valence-electron chi connectivity index (χ2n) is 4.76. The summed E-state index contributed by atoms with van der Waals surface area (Å²) in [6.45, 7) is 5.87. The van der Waals surface area contributed by atoms with Crippen LogP contribution in [-0.2, 0) is 6.42 Å². The topological polar surface area (TPSA) is 61.7 Å². The highest BCUT2D eigenvalue weighted by Gasteiger charge is 2.11. The first-order chi connectivity index (χ1) is 10.0. The van der Waals surface area contributed by atoms with Gasteiger partial charge >= 0.3 is 0 Å². The Bertz CT molecular complexity index is 689. The first kappa shape index (κ1) is 15.3. The smallest absolute Gasteiger partial charge is 0.281 e. The first-order valence-electron chi connectivity index (χ1n) is 6.74. The number of phenolic OH excluding ortho intramolecular Hbond substituents is 1. The maximum absolute atomic E-state index is 12.1. The summed E-state index contributed by atoms with van der Waals surface area (Å²) in [5, 5.41) is 13.5. The highest BCUT2D eigenvalue weighted by atomic mass is 32.1. The highest BCUT2D eigenvalue weighted by Crippen LogP contribution is 2.22. The minimum atomic E-state index is -0.206. The quantitative estimate of drug-likeness (QED) is 0.671. The summed E-state index contributed by atoms with van der Waals surface area (Å²) < 4.78 is 0. The van der Waals surface area contributed by atoms with Gasteiger partial charge in [0, 0.05) is 10.4 Å². The van der Waals surface area contributed by atoms with E-state index in [4.69, 9.17) is 0 Å². The molecule has 5 heteroatoms. The third-order valence-corrected chi connectivity index (χ3v) is 4.53. The van der Waals surface area contributed by atoms with E-state index in [1.807, 2.05) is 19.1 Å². The number of carbonyl (C=O) groups is 1. The Hall–Kier alpha value is -2.14. The summed E-state index contributed by atoms with van der Waals surface area (Å²) in [5.74, 6) is -0.0304. The van der Waals surface area contributed by atoms with Crippen molar-refractivity contribution in [3.05, 3.63) is 51.2 Å². The van der Waals surface area contributed by atoms with Gasteiger partial charge in [0.25, 0.3) is 5.91 Å². The number of carbonyl (C=O) groups excluding carboxylic acids is 1. The Kier molecular flexibility index (Phi) is 4.75. The van der Waals surface area contributed by atoms with E-state index in [1.54, 1.807) is 25.1 Å². The Labute approximate surface area is 128 Å². The van der Waals surface area contributed by atoms with Crippen LogP contribution < -0.4 is 5.43 Å². The summed E-state index contributed by atoms with van der Waals surface area (Å²) in [5.41, 5.74) is 5.11. The molecule has 0 aliphatic carbocycles. The van der Waals surface area contributed by atoms with Gasteiger partial charge in [-0.3, -0.25) is 4.79 Å². The van der Waals surface area contributed by atoms with Gasteiger partial charge in [-0.05, 0) is 44.0 Å². The number of hydrazone groups is 1. The Balaban J connectivity index is 2.10. The van der Waals surface area contributed by atoms with E-state index in [-0.39, 0.29) is 11.7 Å². The van der Waals surface area contributed by atoms with Crippen molar-refractivity contribution in [3.8, 4) is 5.75 Å². The zero-order valence-electron chi connectivity index (χ0n) is 12.3. The van der Waals surface area contributed by atoms with Crippen LogP contribution in [0.3, 0.4) is 0 Å². The van der Waals surface area contributed by atoms with E-state index in [1.165, 1.54) is 16.2 Å². The summed E-state index contributed by atoms with van der Waals surface area (Å²) in [7, 11) is 0. The van der Waals surface area contributed by atoms with Gasteiger partial charge in [-0.1, -0.05) is 19.1 Å². The Morgan fingerprint density at radius 1 is 1.38 bits per heavy atom. The highest BCUT2D eigenvalue weighted by molar-refractivity contribution is 7.14. The molecule has 0 unspecified atom stereocenters.